The van der Waals surface area contributed by atoms with Crippen LogP contribution in [0.4, 0.5) is 0 Å². The van der Waals surface area contributed by atoms with Crippen molar-refractivity contribution in [3.05, 3.63) is 47.5 Å². The van der Waals surface area contributed by atoms with E-state index in [1.165, 1.54) is 37.7 Å². The number of aliphatic hydroxyl groups excluding tert-OH is 1. The number of aliphatic hydroxyl groups is 2. The topological polar surface area (TPSA) is 40.5 Å². The minimum atomic E-state index is -0.471. The second kappa shape index (κ2) is 9.57. The SMILES string of the molecule is CC[C@]1(O)CC[C@@]2(C)C(=CC[C@@]3(C)[C@@H]4CC[C@H]([C@H](C)CCC(O)Cc5ccccc5)[C@@]4(C)CC[C@@H]32)C1. The molecule has 36 heavy (non-hydrogen) atoms. The van der Waals surface area contributed by atoms with E-state index in [0.29, 0.717) is 16.7 Å². The molecule has 0 aliphatic heterocycles. The molecule has 0 amide bonds. The highest BCUT2D eigenvalue weighted by molar-refractivity contribution is 5.29. The van der Waals surface area contributed by atoms with Crippen LogP contribution in [0.25, 0.3) is 0 Å². The summed E-state index contributed by atoms with van der Waals surface area (Å²) in [6, 6.07) is 10.5. The summed E-state index contributed by atoms with van der Waals surface area (Å²) in [5.41, 5.74) is 3.45. The Morgan fingerprint density at radius 2 is 1.67 bits per heavy atom. The first-order chi connectivity index (χ1) is 17.0. The van der Waals surface area contributed by atoms with Gasteiger partial charge < -0.3 is 10.2 Å². The van der Waals surface area contributed by atoms with Gasteiger partial charge in [0, 0.05) is 0 Å². The van der Waals surface area contributed by atoms with Gasteiger partial charge in [0.15, 0.2) is 0 Å². The molecule has 2 N–H and O–H groups in total. The molecule has 3 saturated carbocycles. The summed E-state index contributed by atoms with van der Waals surface area (Å²) in [4.78, 5) is 0. The van der Waals surface area contributed by atoms with Crippen molar-refractivity contribution in [3.8, 4) is 0 Å². The number of rotatable bonds is 7. The fourth-order valence-corrected chi connectivity index (χ4v) is 10.3. The molecule has 1 unspecified atom stereocenters. The normalized spacial score (nSPS) is 43.6. The van der Waals surface area contributed by atoms with Gasteiger partial charge in [0.1, 0.15) is 0 Å². The van der Waals surface area contributed by atoms with Gasteiger partial charge in [-0.2, -0.15) is 0 Å². The number of allylic oxidation sites excluding steroid dienone is 1. The van der Waals surface area contributed by atoms with Crippen molar-refractivity contribution in [2.75, 3.05) is 0 Å². The van der Waals surface area contributed by atoms with E-state index in [4.69, 9.17) is 0 Å². The summed E-state index contributed by atoms with van der Waals surface area (Å²) in [5.74, 6) is 3.00. The Morgan fingerprint density at radius 3 is 2.39 bits per heavy atom. The van der Waals surface area contributed by atoms with E-state index < -0.39 is 5.60 Å². The van der Waals surface area contributed by atoms with Crippen molar-refractivity contribution in [2.24, 2.45) is 39.9 Å². The van der Waals surface area contributed by atoms with Gasteiger partial charge in [0.25, 0.3) is 0 Å². The van der Waals surface area contributed by atoms with Crippen LogP contribution in [-0.2, 0) is 6.42 Å². The molecule has 0 heterocycles. The molecule has 4 aliphatic carbocycles. The quantitative estimate of drug-likeness (QED) is 0.377. The molecule has 1 aromatic carbocycles. The summed E-state index contributed by atoms with van der Waals surface area (Å²) < 4.78 is 0. The van der Waals surface area contributed by atoms with Gasteiger partial charge in [0.2, 0.25) is 0 Å². The number of benzene rings is 1. The molecule has 200 valence electrons. The Bertz CT molecular complexity index is 953. The zero-order valence-corrected chi connectivity index (χ0v) is 23.7. The lowest BCUT2D eigenvalue weighted by Crippen LogP contribution is -2.57. The van der Waals surface area contributed by atoms with Crippen molar-refractivity contribution in [2.45, 2.75) is 123 Å². The van der Waals surface area contributed by atoms with Gasteiger partial charge in [-0.3, -0.25) is 0 Å². The maximum Gasteiger partial charge on any atom is 0.0682 e. The molecular formula is C34H52O2. The monoisotopic (exact) mass is 492 g/mol. The predicted molar refractivity (Wildman–Crippen MR) is 150 cm³/mol. The highest BCUT2D eigenvalue weighted by Crippen LogP contribution is 2.72. The Hall–Kier alpha value is -1.12. The minimum Gasteiger partial charge on any atom is -0.393 e. The van der Waals surface area contributed by atoms with Crippen LogP contribution in [0.1, 0.15) is 111 Å². The molecule has 0 aromatic heterocycles. The minimum absolute atomic E-state index is 0.233. The van der Waals surface area contributed by atoms with Crippen LogP contribution >= 0.6 is 0 Å². The van der Waals surface area contributed by atoms with Crippen molar-refractivity contribution >= 4 is 0 Å². The second-order valence-corrected chi connectivity index (χ2v) is 14.3. The van der Waals surface area contributed by atoms with Crippen molar-refractivity contribution in [1.29, 1.82) is 0 Å². The number of hydrogen-bond donors (Lipinski definition) is 2. The summed E-state index contributed by atoms with van der Waals surface area (Å²) in [6.45, 7) is 12.5. The summed E-state index contributed by atoms with van der Waals surface area (Å²) in [5, 5.41) is 21.8. The molecule has 1 aromatic rings. The third kappa shape index (κ3) is 4.33. The largest absolute Gasteiger partial charge is 0.393 e. The van der Waals surface area contributed by atoms with Gasteiger partial charge in [0.05, 0.1) is 11.7 Å². The molecule has 0 radical (unpaired) electrons. The van der Waals surface area contributed by atoms with E-state index >= 15 is 0 Å². The molecular weight excluding hydrogens is 440 g/mol. The van der Waals surface area contributed by atoms with Crippen molar-refractivity contribution < 1.29 is 10.2 Å². The highest BCUT2D eigenvalue weighted by Gasteiger charge is 2.64. The van der Waals surface area contributed by atoms with Crippen LogP contribution in [-0.4, -0.2) is 21.9 Å². The van der Waals surface area contributed by atoms with Crippen LogP contribution in [0, 0.1) is 39.9 Å². The van der Waals surface area contributed by atoms with Crippen LogP contribution in [0.3, 0.4) is 0 Å². The smallest absolute Gasteiger partial charge is 0.0682 e. The number of hydrogen-bond acceptors (Lipinski definition) is 2. The van der Waals surface area contributed by atoms with E-state index in [1.807, 2.05) is 6.07 Å². The van der Waals surface area contributed by atoms with Crippen molar-refractivity contribution in [1.82, 2.24) is 0 Å². The summed E-state index contributed by atoms with van der Waals surface area (Å²) in [6.07, 6.45) is 15.8. The average Bonchev–Trinajstić information content (AvgIpc) is 3.22. The molecule has 2 nitrogen and oxygen atoms in total. The van der Waals surface area contributed by atoms with Gasteiger partial charge in [-0.05, 0) is 123 Å². The number of fused-ring (bicyclic) bond motifs is 5. The molecule has 9 atom stereocenters. The van der Waals surface area contributed by atoms with Crippen LogP contribution in [0.2, 0.25) is 0 Å². The Morgan fingerprint density at radius 1 is 0.917 bits per heavy atom. The molecule has 0 spiro atoms. The van der Waals surface area contributed by atoms with E-state index in [-0.39, 0.29) is 11.5 Å². The first-order valence-corrected chi connectivity index (χ1v) is 15.2. The Kier molecular flexibility index (Phi) is 7.04. The summed E-state index contributed by atoms with van der Waals surface area (Å²) >= 11 is 0. The molecule has 5 rings (SSSR count). The molecule has 4 aliphatic rings. The van der Waals surface area contributed by atoms with E-state index in [9.17, 15) is 10.2 Å². The summed E-state index contributed by atoms with van der Waals surface area (Å²) in [7, 11) is 0. The zero-order chi connectivity index (χ0) is 25.8. The molecule has 3 fully saturated rings. The fraction of sp³-hybridized carbons (Fsp3) is 0.765. The highest BCUT2D eigenvalue weighted by atomic mass is 16.3. The lowest BCUT2D eigenvalue weighted by Gasteiger charge is -2.64. The third-order valence-corrected chi connectivity index (χ3v) is 12.5. The van der Waals surface area contributed by atoms with Gasteiger partial charge in [-0.1, -0.05) is 76.6 Å². The van der Waals surface area contributed by atoms with Crippen LogP contribution in [0.5, 0.6) is 0 Å². The molecule has 2 heteroatoms. The molecule has 0 bridgehead atoms. The maximum absolute atomic E-state index is 11.1. The van der Waals surface area contributed by atoms with E-state index in [0.717, 1.165) is 62.7 Å². The first kappa shape index (κ1) is 26.5. The van der Waals surface area contributed by atoms with Crippen LogP contribution in [0.15, 0.2) is 42.0 Å². The Labute approximate surface area is 221 Å². The predicted octanol–water partition coefficient (Wildman–Crippen LogP) is 8.12. The van der Waals surface area contributed by atoms with E-state index in [1.54, 1.807) is 5.57 Å². The Balaban J connectivity index is 1.28. The van der Waals surface area contributed by atoms with Gasteiger partial charge in [-0.25, -0.2) is 0 Å². The third-order valence-electron chi connectivity index (χ3n) is 12.5. The van der Waals surface area contributed by atoms with Crippen LogP contribution < -0.4 is 0 Å². The maximum atomic E-state index is 11.1. The first-order valence-electron chi connectivity index (χ1n) is 15.2. The zero-order valence-electron chi connectivity index (χ0n) is 23.7. The standard InChI is InChI=1S/C34H52O2/c1-6-34(36)21-20-31(3)26(23-34)16-18-33(5)29-15-14-28(32(29,4)19-17-30(31)33)24(2)12-13-27(35)22-25-10-8-7-9-11-25/h7-11,16,24,27-30,35-36H,6,12-15,17-23H2,1-5H3/t24-,27?,28-,29-,30-,31+,32-,33+,34+/m1/s1. The lowest BCUT2D eigenvalue weighted by atomic mass is 9.41. The molecule has 0 saturated heterocycles. The fourth-order valence-electron chi connectivity index (χ4n) is 10.3. The van der Waals surface area contributed by atoms with E-state index in [2.05, 4.69) is 65.0 Å². The van der Waals surface area contributed by atoms with Gasteiger partial charge in [-0.15, -0.1) is 0 Å². The lowest BCUT2D eigenvalue weighted by molar-refractivity contribution is -0.123. The van der Waals surface area contributed by atoms with Gasteiger partial charge >= 0.3 is 0 Å². The average molecular weight is 493 g/mol. The second-order valence-electron chi connectivity index (χ2n) is 14.3. The van der Waals surface area contributed by atoms with Crippen molar-refractivity contribution in [3.63, 3.8) is 0 Å².